The first-order chi connectivity index (χ1) is 11.5. The lowest BCUT2D eigenvalue weighted by atomic mass is 10.1. The van der Waals surface area contributed by atoms with Gasteiger partial charge in [0.15, 0.2) is 5.13 Å². The maximum Gasteiger partial charge on any atom is 0.323 e. The van der Waals surface area contributed by atoms with Gasteiger partial charge in [-0.05, 0) is 25.8 Å². The Bertz CT molecular complexity index is 729. The van der Waals surface area contributed by atoms with Gasteiger partial charge in [0.25, 0.3) is 0 Å². The van der Waals surface area contributed by atoms with E-state index >= 15 is 0 Å². The Kier molecular flexibility index (Phi) is 5.16. The topological polar surface area (TPSA) is 65.5 Å². The number of hydrogen-bond donors (Lipinski definition) is 2. The molecule has 0 saturated carbocycles. The summed E-state index contributed by atoms with van der Waals surface area (Å²) >= 11 is 1.53. The predicted octanol–water partition coefficient (Wildman–Crippen LogP) is 3.20. The van der Waals surface area contributed by atoms with Crippen LogP contribution in [0.15, 0.2) is 24.3 Å². The maximum absolute atomic E-state index is 12.3. The van der Waals surface area contributed by atoms with Crippen LogP contribution in [0.2, 0.25) is 0 Å². The predicted molar refractivity (Wildman–Crippen MR) is 96.6 cm³/mol. The first kappa shape index (κ1) is 16.9. The molecule has 128 valence electrons. The zero-order valence-electron chi connectivity index (χ0n) is 14.1. The third-order valence-corrected chi connectivity index (χ3v) is 5.46. The number of urea groups is 1. The summed E-state index contributed by atoms with van der Waals surface area (Å²) in [6.07, 6.45) is 1.69. The summed E-state index contributed by atoms with van der Waals surface area (Å²) in [5, 5.41) is 12.7. The number of aliphatic hydroxyl groups is 1. The van der Waals surface area contributed by atoms with Crippen LogP contribution in [0.3, 0.4) is 0 Å². The number of amides is 2. The van der Waals surface area contributed by atoms with Gasteiger partial charge in [0, 0.05) is 36.9 Å². The van der Waals surface area contributed by atoms with Crippen molar-refractivity contribution in [2.45, 2.75) is 26.7 Å². The molecule has 1 fully saturated rings. The number of aliphatic hydroxyl groups excluding tert-OH is 1. The molecule has 24 heavy (non-hydrogen) atoms. The summed E-state index contributed by atoms with van der Waals surface area (Å²) in [5.74, 6) is 0.200. The van der Waals surface area contributed by atoms with Crippen LogP contribution in [-0.4, -0.2) is 40.7 Å². The second-order valence-electron chi connectivity index (χ2n) is 6.41. The van der Waals surface area contributed by atoms with Gasteiger partial charge in [-0.2, -0.15) is 0 Å². The number of likely N-dealkylation sites (tertiary alicyclic amines) is 1. The van der Waals surface area contributed by atoms with E-state index in [1.807, 2.05) is 6.92 Å². The fourth-order valence-electron chi connectivity index (χ4n) is 2.99. The number of aromatic nitrogens is 1. The Morgan fingerprint density at radius 1 is 1.46 bits per heavy atom. The summed E-state index contributed by atoms with van der Waals surface area (Å²) in [7, 11) is 0. The lowest BCUT2D eigenvalue weighted by Crippen LogP contribution is -2.33. The minimum atomic E-state index is -0.123. The van der Waals surface area contributed by atoms with Crippen molar-refractivity contribution >= 4 is 22.5 Å². The van der Waals surface area contributed by atoms with E-state index in [-0.39, 0.29) is 18.6 Å². The van der Waals surface area contributed by atoms with Crippen molar-refractivity contribution in [3.8, 4) is 0 Å². The van der Waals surface area contributed by atoms with Crippen LogP contribution in [0.1, 0.15) is 28.1 Å². The lowest BCUT2D eigenvalue weighted by molar-refractivity contribution is 0.209. The van der Waals surface area contributed by atoms with Gasteiger partial charge in [0.05, 0.1) is 5.69 Å². The van der Waals surface area contributed by atoms with Crippen molar-refractivity contribution in [3.63, 3.8) is 0 Å². The largest absolute Gasteiger partial charge is 0.396 e. The number of thiazole rings is 1. The number of hydrogen-bond acceptors (Lipinski definition) is 4. The van der Waals surface area contributed by atoms with Crippen LogP contribution in [-0.2, 0) is 6.42 Å². The van der Waals surface area contributed by atoms with Crippen molar-refractivity contribution in [1.82, 2.24) is 9.88 Å². The number of benzene rings is 1. The van der Waals surface area contributed by atoms with Gasteiger partial charge in [-0.15, -0.1) is 11.3 Å². The quantitative estimate of drug-likeness (QED) is 0.894. The molecule has 0 aliphatic carbocycles. The number of anilines is 1. The van der Waals surface area contributed by atoms with Crippen molar-refractivity contribution in [2.75, 3.05) is 25.0 Å². The summed E-state index contributed by atoms with van der Waals surface area (Å²) in [4.78, 5) is 19.7. The monoisotopic (exact) mass is 345 g/mol. The normalized spacial score (nSPS) is 17.3. The van der Waals surface area contributed by atoms with Gasteiger partial charge in [-0.25, -0.2) is 9.78 Å². The number of aryl methyl sites for hydroxylation is 2. The molecule has 2 heterocycles. The van der Waals surface area contributed by atoms with E-state index in [4.69, 9.17) is 0 Å². The molecule has 1 aliphatic rings. The summed E-state index contributed by atoms with van der Waals surface area (Å²) < 4.78 is 0. The molecule has 2 aromatic rings. The highest BCUT2D eigenvalue weighted by molar-refractivity contribution is 7.15. The Labute approximate surface area is 146 Å². The highest BCUT2D eigenvalue weighted by Crippen LogP contribution is 2.26. The number of carbonyl (C=O) groups excluding carboxylic acids is 1. The van der Waals surface area contributed by atoms with Gasteiger partial charge < -0.3 is 10.0 Å². The average Bonchev–Trinajstić information content (AvgIpc) is 3.15. The van der Waals surface area contributed by atoms with E-state index < -0.39 is 0 Å². The fourth-order valence-corrected chi connectivity index (χ4v) is 3.98. The smallest absolute Gasteiger partial charge is 0.323 e. The van der Waals surface area contributed by atoms with Crippen molar-refractivity contribution in [2.24, 2.45) is 5.92 Å². The summed E-state index contributed by atoms with van der Waals surface area (Å²) in [5.41, 5.74) is 3.46. The van der Waals surface area contributed by atoms with Crippen LogP contribution in [0.4, 0.5) is 9.93 Å². The number of nitrogens with one attached hydrogen (secondary N) is 1. The maximum atomic E-state index is 12.3. The molecule has 3 rings (SSSR count). The first-order valence-electron chi connectivity index (χ1n) is 8.24. The van der Waals surface area contributed by atoms with E-state index in [9.17, 15) is 9.90 Å². The van der Waals surface area contributed by atoms with Crippen LogP contribution in [0.25, 0.3) is 0 Å². The standard InChI is InChI=1S/C18H23N3O2S/c1-12-4-3-5-14(8-12)9-16-13(2)19-17(24-16)20-18(23)21-7-6-15(10-21)11-22/h3-5,8,15,22H,6-7,9-11H2,1-2H3,(H,19,20,23). The molecule has 1 aromatic carbocycles. The Hall–Kier alpha value is -1.92. The SMILES string of the molecule is Cc1cccc(Cc2sc(NC(=O)N3CCC(CO)C3)nc2C)c1. The number of rotatable bonds is 4. The van der Waals surface area contributed by atoms with E-state index in [1.54, 1.807) is 4.90 Å². The molecule has 6 heteroatoms. The van der Waals surface area contributed by atoms with Crippen LogP contribution in [0.5, 0.6) is 0 Å². The Morgan fingerprint density at radius 3 is 3.00 bits per heavy atom. The summed E-state index contributed by atoms with van der Waals surface area (Å²) in [6, 6.07) is 8.32. The molecule has 1 aliphatic heterocycles. The molecule has 1 saturated heterocycles. The van der Waals surface area contributed by atoms with Gasteiger partial charge in [0.2, 0.25) is 0 Å². The Morgan fingerprint density at radius 2 is 2.29 bits per heavy atom. The molecule has 0 spiro atoms. The molecular weight excluding hydrogens is 322 g/mol. The zero-order chi connectivity index (χ0) is 17.1. The highest BCUT2D eigenvalue weighted by Gasteiger charge is 2.26. The molecule has 2 N–H and O–H groups in total. The minimum absolute atomic E-state index is 0.123. The van der Waals surface area contributed by atoms with E-state index in [0.29, 0.717) is 18.2 Å². The van der Waals surface area contributed by atoms with Crippen LogP contribution in [0, 0.1) is 19.8 Å². The third-order valence-electron chi connectivity index (χ3n) is 4.38. The van der Waals surface area contributed by atoms with E-state index in [1.165, 1.54) is 27.3 Å². The minimum Gasteiger partial charge on any atom is -0.396 e. The molecule has 1 unspecified atom stereocenters. The fraction of sp³-hybridized carbons (Fsp3) is 0.444. The average molecular weight is 345 g/mol. The molecule has 1 aromatic heterocycles. The Balaban J connectivity index is 1.64. The second-order valence-corrected chi connectivity index (χ2v) is 7.49. The molecule has 1 atom stereocenters. The van der Waals surface area contributed by atoms with Crippen LogP contribution >= 0.6 is 11.3 Å². The summed E-state index contributed by atoms with van der Waals surface area (Å²) in [6.45, 7) is 5.51. The first-order valence-corrected chi connectivity index (χ1v) is 9.05. The molecular formula is C18H23N3O2S. The van der Waals surface area contributed by atoms with Gasteiger partial charge in [-0.1, -0.05) is 29.8 Å². The van der Waals surface area contributed by atoms with Crippen molar-refractivity contribution in [3.05, 3.63) is 46.0 Å². The van der Waals surface area contributed by atoms with Crippen molar-refractivity contribution in [1.29, 1.82) is 0 Å². The second kappa shape index (κ2) is 7.32. The van der Waals surface area contributed by atoms with E-state index in [2.05, 4.69) is 41.5 Å². The van der Waals surface area contributed by atoms with Crippen LogP contribution < -0.4 is 5.32 Å². The number of nitrogens with zero attached hydrogens (tertiary/aromatic N) is 2. The molecule has 0 bridgehead atoms. The third kappa shape index (κ3) is 3.94. The zero-order valence-corrected chi connectivity index (χ0v) is 14.9. The van der Waals surface area contributed by atoms with Gasteiger partial charge >= 0.3 is 6.03 Å². The molecule has 2 amide bonds. The van der Waals surface area contributed by atoms with Gasteiger partial charge in [-0.3, -0.25) is 5.32 Å². The molecule has 0 radical (unpaired) electrons. The molecule has 5 nitrogen and oxygen atoms in total. The van der Waals surface area contributed by atoms with E-state index in [0.717, 1.165) is 18.5 Å². The number of carbonyl (C=O) groups is 1. The lowest BCUT2D eigenvalue weighted by Gasteiger charge is -2.15. The highest BCUT2D eigenvalue weighted by atomic mass is 32.1. The van der Waals surface area contributed by atoms with Crippen molar-refractivity contribution < 1.29 is 9.90 Å². The van der Waals surface area contributed by atoms with Gasteiger partial charge in [0.1, 0.15) is 0 Å².